The fraction of sp³-hybridized carbons (Fsp3) is 0.619. The van der Waals surface area contributed by atoms with Crippen molar-refractivity contribution in [2.24, 2.45) is 10.9 Å². The average molecular weight is 486 g/mol. The summed E-state index contributed by atoms with van der Waals surface area (Å²) < 4.78 is 0. The molecule has 1 unspecified atom stereocenters. The molecule has 1 heterocycles. The highest BCUT2D eigenvalue weighted by molar-refractivity contribution is 14.0. The minimum Gasteiger partial charge on any atom is -0.357 e. The Hall–Kier alpha value is -1.31. The number of carbonyl (C=O) groups is 1. The summed E-state index contributed by atoms with van der Waals surface area (Å²) in [6, 6.07) is 7.75. The zero-order chi connectivity index (χ0) is 19.2. The van der Waals surface area contributed by atoms with Gasteiger partial charge in [-0.05, 0) is 64.2 Å². The lowest BCUT2D eigenvalue weighted by atomic mass is 10.0. The van der Waals surface area contributed by atoms with Crippen LogP contribution in [0.15, 0.2) is 29.3 Å². The van der Waals surface area contributed by atoms with Gasteiger partial charge in [-0.25, -0.2) is 4.99 Å². The van der Waals surface area contributed by atoms with Gasteiger partial charge in [0.2, 0.25) is 0 Å². The Morgan fingerprint density at radius 1 is 1.33 bits per heavy atom. The molecule has 2 N–H and O–H groups in total. The fourth-order valence-electron chi connectivity index (χ4n) is 3.20. The van der Waals surface area contributed by atoms with Crippen molar-refractivity contribution in [2.45, 2.75) is 59.5 Å². The Kier molecular flexibility index (Phi) is 9.56. The average Bonchev–Trinajstić information content (AvgIpc) is 2.57. The van der Waals surface area contributed by atoms with Gasteiger partial charge in [-0.2, -0.15) is 0 Å². The number of hydrogen-bond donors (Lipinski definition) is 2. The van der Waals surface area contributed by atoms with Gasteiger partial charge in [0.05, 0.1) is 6.54 Å². The second kappa shape index (κ2) is 10.9. The molecule has 1 aromatic carbocycles. The van der Waals surface area contributed by atoms with E-state index in [9.17, 15) is 4.79 Å². The number of hydrogen-bond acceptors (Lipinski definition) is 2. The highest BCUT2D eigenvalue weighted by atomic mass is 127. The van der Waals surface area contributed by atoms with Crippen LogP contribution in [-0.2, 0) is 6.54 Å². The molecule has 1 aliphatic rings. The maximum Gasteiger partial charge on any atom is 0.251 e. The Bertz CT molecular complexity index is 639. The van der Waals surface area contributed by atoms with Crippen molar-refractivity contribution in [3.05, 3.63) is 35.4 Å². The molecular formula is C21H35IN4O. The van der Waals surface area contributed by atoms with E-state index in [1.165, 1.54) is 12.8 Å². The first-order valence-electron chi connectivity index (χ1n) is 9.73. The van der Waals surface area contributed by atoms with Crippen molar-refractivity contribution < 1.29 is 4.79 Å². The minimum atomic E-state index is -0.242. The van der Waals surface area contributed by atoms with Gasteiger partial charge in [-0.1, -0.05) is 19.1 Å². The van der Waals surface area contributed by atoms with E-state index in [1.807, 2.05) is 45.0 Å². The van der Waals surface area contributed by atoms with E-state index >= 15 is 0 Å². The monoisotopic (exact) mass is 486 g/mol. The number of likely N-dealkylation sites (tertiary alicyclic amines) is 1. The summed E-state index contributed by atoms with van der Waals surface area (Å²) in [5.74, 6) is 1.64. The third-order valence-electron chi connectivity index (χ3n) is 4.38. The minimum absolute atomic E-state index is 0. The van der Waals surface area contributed by atoms with Gasteiger partial charge in [0.1, 0.15) is 0 Å². The first kappa shape index (κ1) is 23.7. The second-order valence-electron chi connectivity index (χ2n) is 8.27. The van der Waals surface area contributed by atoms with Gasteiger partial charge in [0.15, 0.2) is 5.96 Å². The molecule has 5 nitrogen and oxygen atoms in total. The van der Waals surface area contributed by atoms with Crippen LogP contribution in [0.25, 0.3) is 0 Å². The quantitative estimate of drug-likeness (QED) is 0.384. The Morgan fingerprint density at radius 3 is 2.70 bits per heavy atom. The van der Waals surface area contributed by atoms with Crippen LogP contribution in [0.1, 0.15) is 63.4 Å². The predicted molar refractivity (Wildman–Crippen MR) is 124 cm³/mol. The summed E-state index contributed by atoms with van der Waals surface area (Å²) in [4.78, 5) is 19.5. The third kappa shape index (κ3) is 8.07. The molecule has 27 heavy (non-hydrogen) atoms. The van der Waals surface area contributed by atoms with Gasteiger partial charge >= 0.3 is 0 Å². The number of benzene rings is 1. The molecule has 0 aliphatic carbocycles. The number of nitrogens with zero attached hydrogens (tertiary/aromatic N) is 2. The largest absolute Gasteiger partial charge is 0.357 e. The maximum atomic E-state index is 12.4. The summed E-state index contributed by atoms with van der Waals surface area (Å²) in [7, 11) is 0. The van der Waals surface area contributed by atoms with Crippen LogP contribution < -0.4 is 10.6 Å². The van der Waals surface area contributed by atoms with E-state index in [0.29, 0.717) is 18.0 Å². The molecule has 1 aromatic rings. The molecule has 1 aliphatic heterocycles. The molecule has 1 saturated heterocycles. The zero-order valence-corrected chi connectivity index (χ0v) is 19.7. The first-order valence-corrected chi connectivity index (χ1v) is 9.73. The van der Waals surface area contributed by atoms with Crippen LogP contribution in [0.2, 0.25) is 0 Å². The fourth-order valence-corrected chi connectivity index (χ4v) is 3.20. The molecule has 0 saturated carbocycles. The van der Waals surface area contributed by atoms with Crippen LogP contribution in [-0.4, -0.2) is 41.9 Å². The van der Waals surface area contributed by atoms with E-state index in [2.05, 4.69) is 29.4 Å². The zero-order valence-electron chi connectivity index (χ0n) is 17.3. The van der Waals surface area contributed by atoms with Gasteiger partial charge in [0.25, 0.3) is 5.91 Å². The van der Waals surface area contributed by atoms with Crippen molar-refractivity contribution in [3.63, 3.8) is 0 Å². The smallest absolute Gasteiger partial charge is 0.251 e. The van der Waals surface area contributed by atoms with Gasteiger partial charge in [-0.15, -0.1) is 24.0 Å². The molecule has 0 aromatic heterocycles. The molecule has 2 rings (SSSR count). The molecule has 152 valence electrons. The summed E-state index contributed by atoms with van der Waals surface area (Å²) in [5.41, 5.74) is 1.49. The normalized spacial score (nSPS) is 17.9. The lowest BCUT2D eigenvalue weighted by molar-refractivity contribution is 0.0919. The number of rotatable bonds is 4. The number of guanidine groups is 1. The van der Waals surface area contributed by atoms with E-state index in [-0.39, 0.29) is 35.4 Å². The van der Waals surface area contributed by atoms with Crippen LogP contribution in [0, 0.1) is 5.92 Å². The van der Waals surface area contributed by atoms with Crippen molar-refractivity contribution in [3.8, 4) is 0 Å². The standard InChI is InChI=1S/C21H34N4O.HI/c1-6-22-20(25-12-8-9-16(2)15-25)23-14-17-10-7-11-18(13-17)19(26)24-21(3,4)5;/h7,10-11,13,16H,6,8-9,12,14-15H2,1-5H3,(H,22,23)(H,24,26);1H. The van der Waals surface area contributed by atoms with Gasteiger partial charge < -0.3 is 15.5 Å². The van der Waals surface area contributed by atoms with E-state index < -0.39 is 0 Å². The number of carbonyl (C=O) groups excluding carboxylic acids is 1. The van der Waals surface area contributed by atoms with Crippen LogP contribution >= 0.6 is 24.0 Å². The molecule has 0 bridgehead atoms. The molecule has 0 spiro atoms. The van der Waals surface area contributed by atoms with Crippen molar-refractivity contribution in [2.75, 3.05) is 19.6 Å². The van der Waals surface area contributed by atoms with Crippen molar-refractivity contribution in [1.29, 1.82) is 0 Å². The lowest BCUT2D eigenvalue weighted by Crippen LogP contribution is -2.46. The van der Waals surface area contributed by atoms with Crippen LogP contribution in [0.3, 0.4) is 0 Å². The number of piperidine rings is 1. The topological polar surface area (TPSA) is 56.7 Å². The third-order valence-corrected chi connectivity index (χ3v) is 4.38. The molecule has 1 fully saturated rings. The van der Waals surface area contributed by atoms with Crippen LogP contribution in [0.4, 0.5) is 0 Å². The van der Waals surface area contributed by atoms with Crippen LogP contribution in [0.5, 0.6) is 0 Å². The van der Waals surface area contributed by atoms with Crippen molar-refractivity contribution in [1.82, 2.24) is 15.5 Å². The highest BCUT2D eigenvalue weighted by Crippen LogP contribution is 2.16. The highest BCUT2D eigenvalue weighted by Gasteiger charge is 2.19. The number of aliphatic imine (C=N–C) groups is 1. The molecular weight excluding hydrogens is 451 g/mol. The SMILES string of the molecule is CCNC(=NCc1cccc(C(=O)NC(C)(C)C)c1)N1CCCC(C)C1.I. The number of nitrogens with one attached hydrogen (secondary N) is 2. The van der Waals surface area contributed by atoms with E-state index in [4.69, 9.17) is 4.99 Å². The van der Waals surface area contributed by atoms with Crippen molar-refractivity contribution >= 4 is 35.8 Å². The summed E-state index contributed by atoms with van der Waals surface area (Å²) >= 11 is 0. The first-order chi connectivity index (χ1) is 12.3. The molecule has 1 atom stereocenters. The predicted octanol–water partition coefficient (Wildman–Crippen LogP) is 4.03. The van der Waals surface area contributed by atoms with E-state index in [0.717, 1.165) is 31.2 Å². The lowest BCUT2D eigenvalue weighted by Gasteiger charge is -2.33. The van der Waals surface area contributed by atoms with Gasteiger partial charge in [0, 0.05) is 30.7 Å². The second-order valence-corrected chi connectivity index (χ2v) is 8.27. The summed E-state index contributed by atoms with van der Waals surface area (Å²) in [5, 5.41) is 6.42. The molecule has 1 amide bonds. The summed E-state index contributed by atoms with van der Waals surface area (Å²) in [6.07, 6.45) is 2.51. The maximum absolute atomic E-state index is 12.4. The number of halogens is 1. The van der Waals surface area contributed by atoms with E-state index in [1.54, 1.807) is 0 Å². The molecule has 0 radical (unpaired) electrons. The molecule has 6 heteroatoms. The number of amides is 1. The summed E-state index contributed by atoms with van der Waals surface area (Å²) in [6.45, 7) is 13.9. The Labute approximate surface area is 181 Å². The Balaban J connectivity index is 0.00000364. The van der Waals surface area contributed by atoms with Gasteiger partial charge in [-0.3, -0.25) is 4.79 Å². The Morgan fingerprint density at radius 2 is 2.07 bits per heavy atom.